The van der Waals surface area contributed by atoms with Crippen molar-refractivity contribution in [2.24, 2.45) is 0 Å². The first-order chi connectivity index (χ1) is 0. The standard InChI is InChI=1S/2ClH.2H2O.Zr/h2*1H;2*1H2;. The zero-order valence-electron chi connectivity index (χ0n) is 2.32. The Morgan fingerprint density at radius 1 is 0.600 bits per heavy atom. The fourth-order valence-corrected chi connectivity index (χ4v) is 0. The van der Waals surface area contributed by atoms with E-state index in [1.54, 1.807) is 0 Å². The number of hydrogen-bond donors (Lipinski definition) is 0. The third-order valence-electron chi connectivity index (χ3n) is 0. The molecule has 0 aliphatic rings. The molecule has 0 aromatic heterocycles. The van der Waals surface area contributed by atoms with E-state index in [-0.39, 0.29) is 62.0 Å². The van der Waals surface area contributed by atoms with Crippen LogP contribution in [0, 0.1) is 0 Å². The zero-order valence-corrected chi connectivity index (χ0v) is 6.41. The molecule has 4 N–H and O–H groups in total. The SMILES string of the molecule is Cl.Cl.O.O.[Zr]. The third kappa shape index (κ3) is 32.2. The van der Waals surface area contributed by atoms with E-state index in [1.165, 1.54) is 0 Å². The van der Waals surface area contributed by atoms with Gasteiger partial charge < -0.3 is 11.0 Å². The molecule has 0 spiro atoms. The molecule has 0 aromatic rings. The summed E-state index contributed by atoms with van der Waals surface area (Å²) in [5, 5.41) is 0. The van der Waals surface area contributed by atoms with Crippen LogP contribution in [0.3, 0.4) is 0 Å². The van der Waals surface area contributed by atoms with Crippen molar-refractivity contribution < 1.29 is 37.2 Å². The maximum atomic E-state index is 0. The first-order valence-electron chi connectivity index (χ1n) is 0. The quantitative estimate of drug-likeness (QED) is 0.491. The minimum atomic E-state index is 0. The Morgan fingerprint density at radius 3 is 0.600 bits per heavy atom. The topological polar surface area (TPSA) is 63.0 Å². The van der Waals surface area contributed by atoms with E-state index >= 15 is 0 Å². The molecule has 2 nitrogen and oxygen atoms in total. The Bertz CT molecular complexity index is 7.61. The normalized spacial score (nSPS) is 0. The number of hydrogen-bond acceptors (Lipinski definition) is 0. The second-order valence-corrected chi connectivity index (χ2v) is 0. The van der Waals surface area contributed by atoms with Crippen molar-refractivity contribution in [3.8, 4) is 0 Å². The Labute approximate surface area is 61.9 Å². The van der Waals surface area contributed by atoms with Crippen LogP contribution >= 0.6 is 24.8 Å². The molecule has 0 heterocycles. The zero-order chi connectivity index (χ0) is 0. The molecule has 0 aliphatic carbocycles. The van der Waals surface area contributed by atoms with E-state index in [9.17, 15) is 0 Å². The molecule has 0 atom stereocenters. The van der Waals surface area contributed by atoms with E-state index in [1.807, 2.05) is 0 Å². The number of rotatable bonds is 0. The van der Waals surface area contributed by atoms with E-state index in [0.717, 1.165) is 0 Å². The van der Waals surface area contributed by atoms with Gasteiger partial charge in [0.2, 0.25) is 0 Å². The van der Waals surface area contributed by atoms with Crippen LogP contribution in [0.4, 0.5) is 0 Å². The third-order valence-corrected chi connectivity index (χ3v) is 0. The molecule has 36 valence electrons. The Kier molecular flexibility index (Phi) is 1050. The number of halogens is 2. The van der Waals surface area contributed by atoms with E-state index < -0.39 is 0 Å². The van der Waals surface area contributed by atoms with Gasteiger partial charge in [-0.2, -0.15) is 0 Å². The molecule has 0 aromatic carbocycles. The molecule has 0 aliphatic heterocycles. The first-order valence-corrected chi connectivity index (χ1v) is 0. The predicted molar refractivity (Wildman–Crippen MR) is 21.7 cm³/mol. The average Bonchev–Trinajstić information content (AvgIpc) is 0. The van der Waals surface area contributed by atoms with Gasteiger partial charge in [-0.25, -0.2) is 0 Å². The van der Waals surface area contributed by atoms with Gasteiger partial charge in [-0.1, -0.05) is 0 Å². The summed E-state index contributed by atoms with van der Waals surface area (Å²) in [6.45, 7) is 0. The van der Waals surface area contributed by atoms with Crippen molar-refractivity contribution in [3.63, 3.8) is 0 Å². The van der Waals surface area contributed by atoms with Gasteiger partial charge in [0.15, 0.2) is 0 Å². The molecule has 5 heteroatoms. The Hall–Kier alpha value is 1.38. The largest absolute Gasteiger partial charge is 0.412 e. The van der Waals surface area contributed by atoms with Gasteiger partial charge >= 0.3 is 0 Å². The van der Waals surface area contributed by atoms with Crippen LogP contribution < -0.4 is 0 Å². The predicted octanol–water partition coefficient (Wildman–Crippen LogP) is -0.808. The maximum Gasteiger partial charge on any atom is 0 e. The summed E-state index contributed by atoms with van der Waals surface area (Å²) in [4.78, 5) is 0. The molecule has 0 saturated heterocycles. The fourth-order valence-electron chi connectivity index (χ4n) is 0. The average molecular weight is 200 g/mol. The van der Waals surface area contributed by atoms with Crippen molar-refractivity contribution in [3.05, 3.63) is 0 Å². The Morgan fingerprint density at radius 2 is 0.600 bits per heavy atom. The van der Waals surface area contributed by atoms with Crippen LogP contribution in [-0.4, -0.2) is 11.0 Å². The van der Waals surface area contributed by atoms with Crippen LogP contribution in [0.2, 0.25) is 0 Å². The summed E-state index contributed by atoms with van der Waals surface area (Å²) in [6.07, 6.45) is 0. The van der Waals surface area contributed by atoms with Crippen molar-refractivity contribution in [1.29, 1.82) is 0 Å². The van der Waals surface area contributed by atoms with Gasteiger partial charge in [-0.15, -0.1) is 24.8 Å². The molecule has 0 rings (SSSR count). The van der Waals surface area contributed by atoms with Crippen molar-refractivity contribution in [2.45, 2.75) is 0 Å². The van der Waals surface area contributed by atoms with Crippen LogP contribution in [0.1, 0.15) is 0 Å². The van der Waals surface area contributed by atoms with Crippen LogP contribution in [-0.2, 0) is 26.2 Å². The molecule has 5 heavy (non-hydrogen) atoms. The van der Waals surface area contributed by atoms with Gasteiger partial charge in [0, 0.05) is 26.2 Å². The molecular formula is H6Cl2O2Zr. The van der Waals surface area contributed by atoms with E-state index in [0.29, 0.717) is 0 Å². The second-order valence-electron chi connectivity index (χ2n) is 0. The van der Waals surface area contributed by atoms with Crippen molar-refractivity contribution in [1.82, 2.24) is 0 Å². The molecular weight excluding hydrogens is 194 g/mol. The molecule has 0 amide bonds. The molecule has 0 bridgehead atoms. The van der Waals surface area contributed by atoms with Gasteiger partial charge in [0.1, 0.15) is 0 Å². The van der Waals surface area contributed by atoms with E-state index in [2.05, 4.69) is 0 Å². The summed E-state index contributed by atoms with van der Waals surface area (Å²) in [6, 6.07) is 0. The Balaban J connectivity index is 0. The van der Waals surface area contributed by atoms with Crippen LogP contribution in [0.5, 0.6) is 0 Å². The molecule has 0 saturated carbocycles. The molecule has 0 fully saturated rings. The summed E-state index contributed by atoms with van der Waals surface area (Å²) < 4.78 is 0. The van der Waals surface area contributed by atoms with Gasteiger partial charge in [0.05, 0.1) is 0 Å². The summed E-state index contributed by atoms with van der Waals surface area (Å²) in [7, 11) is 0. The van der Waals surface area contributed by atoms with Crippen LogP contribution in [0.25, 0.3) is 0 Å². The van der Waals surface area contributed by atoms with Gasteiger partial charge in [-0.3, -0.25) is 0 Å². The molecule has 0 unspecified atom stereocenters. The summed E-state index contributed by atoms with van der Waals surface area (Å²) >= 11 is 0. The van der Waals surface area contributed by atoms with Crippen LogP contribution in [0.15, 0.2) is 0 Å². The first kappa shape index (κ1) is 96.7. The maximum absolute atomic E-state index is 0. The summed E-state index contributed by atoms with van der Waals surface area (Å²) in [5.41, 5.74) is 0. The minimum absolute atomic E-state index is 0. The smallest absolute Gasteiger partial charge is 0 e. The van der Waals surface area contributed by atoms with Crippen molar-refractivity contribution in [2.75, 3.05) is 0 Å². The van der Waals surface area contributed by atoms with E-state index in [4.69, 9.17) is 0 Å². The fraction of sp³-hybridized carbons (Fsp3) is 0. The second kappa shape index (κ2) is 54.1. The van der Waals surface area contributed by atoms with Gasteiger partial charge in [0.25, 0.3) is 0 Å². The van der Waals surface area contributed by atoms with Crippen molar-refractivity contribution >= 4 is 24.8 Å². The summed E-state index contributed by atoms with van der Waals surface area (Å²) in [5.74, 6) is 0. The van der Waals surface area contributed by atoms with Gasteiger partial charge in [-0.05, 0) is 0 Å². The molecule has 0 radical (unpaired) electrons. The monoisotopic (exact) mass is 198 g/mol. The minimum Gasteiger partial charge on any atom is -0.412 e.